The topological polar surface area (TPSA) is 35.9 Å². The smallest absolute Gasteiger partial charge is 0.135 e. The summed E-state index contributed by atoms with van der Waals surface area (Å²) in [6, 6.07) is 15.2. The highest BCUT2D eigenvalue weighted by Crippen LogP contribution is 2.31. The van der Waals surface area contributed by atoms with E-state index in [4.69, 9.17) is 27.9 Å². The van der Waals surface area contributed by atoms with Crippen molar-refractivity contribution in [1.82, 2.24) is 9.80 Å². The summed E-state index contributed by atoms with van der Waals surface area (Å²) in [5.41, 5.74) is 1.39. The van der Waals surface area contributed by atoms with E-state index in [1.54, 1.807) is 6.08 Å². The van der Waals surface area contributed by atoms with Crippen LogP contribution in [0.3, 0.4) is 0 Å². The first-order valence-electron chi connectivity index (χ1n) is 9.21. The summed E-state index contributed by atoms with van der Waals surface area (Å²) in [5.74, 6) is 0. The van der Waals surface area contributed by atoms with E-state index in [0.29, 0.717) is 24.8 Å². The minimum Gasteiger partial charge on any atom is -0.387 e. The van der Waals surface area contributed by atoms with E-state index in [-0.39, 0.29) is 6.10 Å². The third-order valence-electron chi connectivity index (χ3n) is 4.63. The van der Waals surface area contributed by atoms with Gasteiger partial charge in [-0.2, -0.15) is 0 Å². The van der Waals surface area contributed by atoms with Crippen molar-refractivity contribution in [3.05, 3.63) is 94.2 Å². The van der Waals surface area contributed by atoms with Crippen LogP contribution in [0.4, 0.5) is 0 Å². The zero-order chi connectivity index (χ0) is 20.8. The fraction of sp³-hybridized carbons (Fsp3) is 0.273. The summed E-state index contributed by atoms with van der Waals surface area (Å²) in [4.78, 5) is 4.01. The number of ether oxygens (including phenoxy) is 1. The van der Waals surface area contributed by atoms with Gasteiger partial charge in [-0.25, -0.2) is 0 Å². The molecule has 3 atom stereocenters. The van der Waals surface area contributed by atoms with E-state index in [1.165, 1.54) is 0 Å². The van der Waals surface area contributed by atoms with Gasteiger partial charge in [-0.3, -0.25) is 0 Å². The van der Waals surface area contributed by atoms with E-state index in [0.717, 1.165) is 15.6 Å². The Labute approximate surface area is 190 Å². The molecular weight excluding hydrogens is 475 g/mol. The first-order chi connectivity index (χ1) is 14.0. The van der Waals surface area contributed by atoms with E-state index < -0.39 is 11.6 Å². The largest absolute Gasteiger partial charge is 0.387 e. The third kappa shape index (κ3) is 6.00. The van der Waals surface area contributed by atoms with Crippen LogP contribution >= 0.6 is 39.1 Å². The molecule has 0 radical (unpaired) electrons. The number of halogens is 3. The molecule has 1 heterocycles. The number of nitrogens with zero attached hydrogens (tertiary/aromatic N) is 2. The summed E-state index contributed by atoms with van der Waals surface area (Å²) in [7, 11) is 0. The highest BCUT2D eigenvalue weighted by molar-refractivity contribution is 9.10. The number of aliphatic hydroxyl groups excluding tert-OH is 1. The lowest BCUT2D eigenvalue weighted by atomic mass is 10.1. The molecule has 154 valence electrons. The average Bonchev–Trinajstić information content (AvgIpc) is 3.18. The van der Waals surface area contributed by atoms with E-state index in [1.807, 2.05) is 70.7 Å². The molecular formula is C22H23BrCl2N2O2. The highest BCUT2D eigenvalue weighted by Gasteiger charge is 2.29. The SMILES string of the molecule is C=CCOC(c1ccc(Cl)cc1)C(Cl)N1C=CN(CC(O)c2ccc(Br)cc2)C1. The molecule has 0 spiro atoms. The normalized spacial score (nSPS) is 16.7. The molecule has 7 heteroatoms. The maximum atomic E-state index is 10.5. The molecule has 0 aliphatic carbocycles. The van der Waals surface area contributed by atoms with Crippen LogP contribution in [0.2, 0.25) is 5.02 Å². The number of aliphatic hydroxyl groups is 1. The molecule has 0 saturated heterocycles. The van der Waals surface area contributed by atoms with Gasteiger partial charge in [0.25, 0.3) is 0 Å². The van der Waals surface area contributed by atoms with Crippen LogP contribution in [0.15, 0.2) is 78.1 Å². The van der Waals surface area contributed by atoms with Gasteiger partial charge in [0.2, 0.25) is 0 Å². The fourth-order valence-corrected chi connectivity index (χ4v) is 3.84. The van der Waals surface area contributed by atoms with Crippen LogP contribution in [0.1, 0.15) is 23.3 Å². The molecule has 0 fully saturated rings. The van der Waals surface area contributed by atoms with Crippen molar-refractivity contribution in [3.8, 4) is 0 Å². The Hall–Kier alpha value is -1.50. The minimum atomic E-state index is -0.592. The summed E-state index contributed by atoms with van der Waals surface area (Å²) in [6.45, 7) is 5.14. The van der Waals surface area contributed by atoms with Crippen LogP contribution in [0.25, 0.3) is 0 Å². The highest BCUT2D eigenvalue weighted by atomic mass is 79.9. The van der Waals surface area contributed by atoms with Gasteiger partial charge < -0.3 is 19.6 Å². The van der Waals surface area contributed by atoms with Crippen molar-refractivity contribution < 1.29 is 9.84 Å². The van der Waals surface area contributed by atoms with Crippen molar-refractivity contribution >= 4 is 39.1 Å². The zero-order valence-corrected chi connectivity index (χ0v) is 18.9. The molecule has 4 nitrogen and oxygen atoms in total. The Bertz CT molecular complexity index is 830. The van der Waals surface area contributed by atoms with Crippen molar-refractivity contribution in [3.63, 3.8) is 0 Å². The van der Waals surface area contributed by atoms with E-state index >= 15 is 0 Å². The summed E-state index contributed by atoms with van der Waals surface area (Å²) in [6.07, 6.45) is 4.61. The summed E-state index contributed by atoms with van der Waals surface area (Å²) in [5, 5.41) is 11.2. The van der Waals surface area contributed by atoms with Gasteiger partial charge in [0.15, 0.2) is 0 Å². The first kappa shape index (κ1) is 22.2. The Morgan fingerprint density at radius 3 is 2.41 bits per heavy atom. The molecule has 29 heavy (non-hydrogen) atoms. The van der Waals surface area contributed by atoms with Gasteiger partial charge >= 0.3 is 0 Å². The maximum Gasteiger partial charge on any atom is 0.135 e. The monoisotopic (exact) mass is 496 g/mol. The fourth-order valence-electron chi connectivity index (χ4n) is 3.11. The Balaban J connectivity index is 1.63. The lowest BCUT2D eigenvalue weighted by Crippen LogP contribution is -2.36. The Morgan fingerprint density at radius 2 is 1.76 bits per heavy atom. The van der Waals surface area contributed by atoms with Gasteiger partial charge in [-0.15, -0.1) is 6.58 Å². The number of benzene rings is 2. The second-order valence-electron chi connectivity index (χ2n) is 6.76. The molecule has 0 aromatic heterocycles. The quantitative estimate of drug-likeness (QED) is 0.274. The zero-order valence-electron chi connectivity index (χ0n) is 15.8. The number of β-amino-alcohol motifs (C(OH)–C–C–N with tert-alkyl or cyclic N) is 1. The van der Waals surface area contributed by atoms with Gasteiger partial charge in [0, 0.05) is 28.4 Å². The van der Waals surface area contributed by atoms with Crippen LogP contribution < -0.4 is 0 Å². The number of hydrogen-bond acceptors (Lipinski definition) is 4. The van der Waals surface area contributed by atoms with Gasteiger partial charge in [-0.05, 0) is 35.4 Å². The number of hydrogen-bond donors (Lipinski definition) is 1. The maximum absolute atomic E-state index is 10.5. The van der Waals surface area contributed by atoms with Crippen LogP contribution in [0, 0.1) is 0 Å². The van der Waals surface area contributed by atoms with E-state index in [2.05, 4.69) is 22.5 Å². The molecule has 2 aromatic carbocycles. The molecule has 1 N–H and O–H groups in total. The molecule has 3 rings (SSSR count). The Kier molecular flexibility index (Phi) is 8.04. The molecule has 1 aliphatic rings. The number of alkyl halides is 1. The predicted octanol–water partition coefficient (Wildman–Crippen LogP) is 5.69. The molecule has 0 amide bonds. The molecule has 0 saturated carbocycles. The van der Waals surface area contributed by atoms with Crippen molar-refractivity contribution in [2.24, 2.45) is 0 Å². The van der Waals surface area contributed by atoms with Crippen molar-refractivity contribution in [2.75, 3.05) is 19.8 Å². The Morgan fingerprint density at radius 1 is 1.10 bits per heavy atom. The first-order valence-corrected chi connectivity index (χ1v) is 10.8. The molecule has 1 aliphatic heterocycles. The second-order valence-corrected chi connectivity index (χ2v) is 8.56. The standard InChI is InChI=1S/C22H23BrCl2N2O2/c1-2-13-29-21(17-5-9-19(24)10-6-17)22(25)27-12-11-26(15-27)14-20(28)16-3-7-18(23)8-4-16/h2-12,20-22,28H,1,13-15H2. The lowest BCUT2D eigenvalue weighted by Gasteiger charge is -2.31. The van der Waals surface area contributed by atoms with Crippen molar-refractivity contribution in [1.29, 1.82) is 0 Å². The van der Waals surface area contributed by atoms with Crippen molar-refractivity contribution in [2.45, 2.75) is 17.7 Å². The van der Waals surface area contributed by atoms with Gasteiger partial charge in [-0.1, -0.05) is 69.5 Å². The molecule has 3 unspecified atom stereocenters. The van der Waals surface area contributed by atoms with Gasteiger partial charge in [0.1, 0.15) is 11.6 Å². The van der Waals surface area contributed by atoms with Crippen LogP contribution in [-0.2, 0) is 4.74 Å². The number of rotatable bonds is 9. The van der Waals surface area contributed by atoms with Crippen LogP contribution in [-0.4, -0.2) is 40.2 Å². The van der Waals surface area contributed by atoms with Gasteiger partial charge in [0.05, 0.1) is 19.4 Å². The third-order valence-corrected chi connectivity index (χ3v) is 5.90. The minimum absolute atomic E-state index is 0.354. The average molecular weight is 498 g/mol. The summed E-state index contributed by atoms with van der Waals surface area (Å²) < 4.78 is 6.93. The summed E-state index contributed by atoms with van der Waals surface area (Å²) >= 11 is 16.2. The second kappa shape index (κ2) is 10.5. The van der Waals surface area contributed by atoms with E-state index in [9.17, 15) is 5.11 Å². The lowest BCUT2D eigenvalue weighted by molar-refractivity contribution is 0.0310. The predicted molar refractivity (Wildman–Crippen MR) is 122 cm³/mol. The molecule has 2 aromatic rings. The van der Waals surface area contributed by atoms with Crippen LogP contribution in [0.5, 0.6) is 0 Å². The molecule has 0 bridgehead atoms.